The first-order valence-corrected chi connectivity index (χ1v) is 12.6. The summed E-state index contributed by atoms with van der Waals surface area (Å²) < 4.78 is 5.58. The summed E-state index contributed by atoms with van der Waals surface area (Å²) in [6, 6.07) is 10.4. The van der Waals surface area contributed by atoms with E-state index in [0.717, 1.165) is 49.1 Å². The van der Waals surface area contributed by atoms with E-state index >= 15 is 0 Å². The molecule has 1 saturated heterocycles. The van der Waals surface area contributed by atoms with Crippen LogP contribution in [0.3, 0.4) is 0 Å². The average Bonchev–Trinajstić information content (AvgIpc) is 3.05. The molecule has 34 heavy (non-hydrogen) atoms. The summed E-state index contributed by atoms with van der Waals surface area (Å²) in [6.07, 6.45) is 7.66. The van der Waals surface area contributed by atoms with Gasteiger partial charge in [-0.25, -0.2) is 0 Å². The minimum absolute atomic E-state index is 0.147. The number of carbonyl (C=O) groups excluding carboxylic acids is 1. The van der Waals surface area contributed by atoms with E-state index < -0.39 is 5.41 Å². The molecule has 0 N–H and O–H groups in total. The Balaban J connectivity index is 1.58. The fourth-order valence-electron chi connectivity index (χ4n) is 5.37. The molecule has 1 fully saturated rings. The molecule has 0 saturated carbocycles. The maximum absolute atomic E-state index is 13.9. The smallest absolute Gasteiger partial charge is 0.241 e. The normalized spacial score (nSPS) is 19.2. The number of amides is 1. The van der Waals surface area contributed by atoms with Crippen molar-refractivity contribution >= 4 is 17.3 Å². The summed E-state index contributed by atoms with van der Waals surface area (Å²) >= 11 is 0. The molecule has 0 atom stereocenters. The number of unbranched alkanes of at least 4 members (excludes halogenated alkanes) is 2. The summed E-state index contributed by atoms with van der Waals surface area (Å²) in [5.41, 5.74) is 5.16. The van der Waals surface area contributed by atoms with E-state index in [1.165, 1.54) is 24.1 Å². The molecule has 6 heteroatoms. The van der Waals surface area contributed by atoms with Gasteiger partial charge in [0.15, 0.2) is 5.88 Å². The number of nitrogens with zero attached hydrogens (tertiary/aromatic N) is 4. The van der Waals surface area contributed by atoms with Gasteiger partial charge in [-0.15, -0.1) is 0 Å². The lowest BCUT2D eigenvalue weighted by Crippen LogP contribution is -2.63. The second-order valence-corrected chi connectivity index (χ2v) is 9.65. The van der Waals surface area contributed by atoms with Crippen molar-refractivity contribution in [1.82, 2.24) is 4.90 Å². The standard InChI is InChI=1S/C28H36N4O2/c1-4-34-22(3)31-19-28(20-31)24-14-8-10-16-26(24)32(27(28)33)18-23(13-6-5-11-17-29)30-25-15-9-7-12-21(25)2/h8,10,14,16H,3-7,9,11-13,15,18-20H2,1-2H3/b30-23+. The SMILES string of the molecule is C=C(OCC)N1CC2(C1)C(=O)N(C/C(CCCCC#N)=N/C1=C(C)CCCC1)c1ccccc12. The first kappa shape index (κ1) is 24.1. The van der Waals surface area contributed by atoms with Crippen LogP contribution < -0.4 is 4.90 Å². The quantitative estimate of drug-likeness (QED) is 0.264. The lowest BCUT2D eigenvalue weighted by Gasteiger charge is -2.48. The predicted octanol–water partition coefficient (Wildman–Crippen LogP) is 5.47. The maximum Gasteiger partial charge on any atom is 0.241 e. The first-order chi connectivity index (χ1) is 16.5. The molecule has 0 aromatic heterocycles. The molecule has 4 rings (SSSR count). The second-order valence-electron chi connectivity index (χ2n) is 9.65. The van der Waals surface area contributed by atoms with Gasteiger partial charge in [-0.05, 0) is 77.0 Å². The number of carbonyl (C=O) groups is 1. The lowest BCUT2D eigenvalue weighted by atomic mass is 9.74. The molecule has 0 bridgehead atoms. The van der Waals surface area contributed by atoms with Crippen LogP contribution in [-0.2, 0) is 14.9 Å². The molecule has 6 nitrogen and oxygen atoms in total. The zero-order valence-electron chi connectivity index (χ0n) is 20.6. The molecule has 1 spiro atoms. The monoisotopic (exact) mass is 460 g/mol. The molecule has 0 radical (unpaired) electrons. The zero-order chi connectivity index (χ0) is 24.1. The van der Waals surface area contributed by atoms with Crippen molar-refractivity contribution in [3.8, 4) is 6.07 Å². The van der Waals surface area contributed by atoms with E-state index in [2.05, 4.69) is 36.6 Å². The van der Waals surface area contributed by atoms with Crippen LogP contribution in [0, 0.1) is 11.3 Å². The molecular weight excluding hydrogens is 424 g/mol. The molecule has 1 aliphatic carbocycles. The average molecular weight is 461 g/mol. The number of anilines is 1. The van der Waals surface area contributed by atoms with E-state index in [-0.39, 0.29) is 5.91 Å². The van der Waals surface area contributed by atoms with Crippen molar-refractivity contribution < 1.29 is 9.53 Å². The van der Waals surface area contributed by atoms with Crippen LogP contribution in [0.25, 0.3) is 0 Å². The minimum atomic E-state index is -0.539. The summed E-state index contributed by atoms with van der Waals surface area (Å²) in [4.78, 5) is 23.0. The van der Waals surface area contributed by atoms with Crippen LogP contribution >= 0.6 is 0 Å². The highest BCUT2D eigenvalue weighted by Gasteiger charge is 2.58. The third-order valence-corrected chi connectivity index (χ3v) is 7.30. The fraction of sp³-hybridized carbons (Fsp3) is 0.536. The van der Waals surface area contributed by atoms with Gasteiger partial charge in [-0.1, -0.05) is 23.8 Å². The summed E-state index contributed by atoms with van der Waals surface area (Å²) in [5, 5.41) is 8.93. The van der Waals surface area contributed by atoms with E-state index in [1.807, 2.05) is 24.0 Å². The van der Waals surface area contributed by atoms with Gasteiger partial charge in [0.1, 0.15) is 5.41 Å². The highest BCUT2D eigenvalue weighted by molar-refractivity contribution is 6.12. The summed E-state index contributed by atoms with van der Waals surface area (Å²) in [6.45, 7) is 10.4. The van der Waals surface area contributed by atoms with Crippen LogP contribution in [0.4, 0.5) is 5.69 Å². The van der Waals surface area contributed by atoms with Crippen molar-refractivity contribution in [2.45, 2.75) is 70.6 Å². The van der Waals surface area contributed by atoms with E-state index in [0.29, 0.717) is 38.5 Å². The van der Waals surface area contributed by atoms with Crippen molar-refractivity contribution in [3.05, 3.63) is 53.6 Å². The number of likely N-dealkylation sites (tertiary alicyclic amines) is 1. The van der Waals surface area contributed by atoms with Crippen molar-refractivity contribution in [2.75, 3.05) is 31.1 Å². The molecule has 1 aromatic rings. The van der Waals surface area contributed by atoms with Gasteiger partial charge in [0.05, 0.1) is 19.2 Å². The van der Waals surface area contributed by atoms with Crippen molar-refractivity contribution in [2.24, 2.45) is 4.99 Å². The van der Waals surface area contributed by atoms with Crippen LogP contribution in [0.15, 0.2) is 53.0 Å². The number of nitriles is 1. The highest BCUT2D eigenvalue weighted by Crippen LogP contribution is 2.48. The molecule has 2 aliphatic heterocycles. The number of ether oxygens (including phenoxy) is 1. The van der Waals surface area contributed by atoms with Crippen LogP contribution in [-0.4, -0.2) is 42.8 Å². The molecule has 1 amide bonds. The summed E-state index contributed by atoms with van der Waals surface area (Å²) in [5.74, 6) is 0.782. The summed E-state index contributed by atoms with van der Waals surface area (Å²) in [7, 11) is 0. The van der Waals surface area contributed by atoms with Crippen LogP contribution in [0.2, 0.25) is 0 Å². The maximum atomic E-state index is 13.9. The zero-order valence-corrected chi connectivity index (χ0v) is 20.6. The molecule has 0 unspecified atom stereocenters. The number of aliphatic imine (C=N–C) groups is 1. The van der Waals surface area contributed by atoms with Crippen LogP contribution in [0.5, 0.6) is 0 Å². The first-order valence-electron chi connectivity index (χ1n) is 12.6. The number of para-hydroxylation sites is 1. The molecule has 2 heterocycles. The lowest BCUT2D eigenvalue weighted by molar-refractivity contribution is -0.129. The fourth-order valence-corrected chi connectivity index (χ4v) is 5.37. The van der Waals surface area contributed by atoms with E-state index in [9.17, 15) is 4.79 Å². The highest BCUT2D eigenvalue weighted by atomic mass is 16.5. The molecule has 3 aliphatic rings. The van der Waals surface area contributed by atoms with Gasteiger partial charge >= 0.3 is 0 Å². The van der Waals surface area contributed by atoms with Crippen LogP contribution in [0.1, 0.15) is 70.8 Å². The Hall–Kier alpha value is -3.07. The Labute approximate surface area is 203 Å². The number of fused-ring (bicyclic) bond motifs is 2. The number of benzene rings is 1. The second kappa shape index (κ2) is 10.5. The third-order valence-electron chi connectivity index (χ3n) is 7.30. The predicted molar refractivity (Wildman–Crippen MR) is 135 cm³/mol. The Morgan fingerprint density at radius 1 is 1.24 bits per heavy atom. The number of hydrogen-bond acceptors (Lipinski definition) is 5. The number of allylic oxidation sites excluding steroid dienone is 2. The Morgan fingerprint density at radius 3 is 2.74 bits per heavy atom. The molecule has 180 valence electrons. The molecule has 1 aromatic carbocycles. The van der Waals surface area contributed by atoms with Crippen molar-refractivity contribution in [3.63, 3.8) is 0 Å². The van der Waals surface area contributed by atoms with Crippen molar-refractivity contribution in [1.29, 1.82) is 5.26 Å². The Morgan fingerprint density at radius 2 is 2.00 bits per heavy atom. The van der Waals surface area contributed by atoms with Gasteiger partial charge in [0.2, 0.25) is 5.91 Å². The van der Waals surface area contributed by atoms with Gasteiger partial charge in [-0.3, -0.25) is 9.79 Å². The largest absolute Gasteiger partial charge is 0.480 e. The van der Waals surface area contributed by atoms with Gasteiger partial charge in [-0.2, -0.15) is 5.26 Å². The number of rotatable bonds is 10. The van der Waals surface area contributed by atoms with E-state index in [4.69, 9.17) is 15.0 Å². The van der Waals surface area contributed by atoms with E-state index in [1.54, 1.807) is 0 Å². The third kappa shape index (κ3) is 4.61. The van der Waals surface area contributed by atoms with Gasteiger partial charge in [0.25, 0.3) is 0 Å². The topological polar surface area (TPSA) is 68.9 Å². The van der Waals surface area contributed by atoms with Gasteiger partial charge < -0.3 is 14.5 Å². The Kier molecular flexibility index (Phi) is 7.41. The molecular formula is C28H36N4O2. The Bertz CT molecular complexity index is 1040. The minimum Gasteiger partial charge on any atom is -0.480 e. The number of hydrogen-bond donors (Lipinski definition) is 0. The van der Waals surface area contributed by atoms with Gasteiger partial charge in [0, 0.05) is 36.6 Å².